The molecule has 0 unspecified atom stereocenters. The lowest BCUT2D eigenvalue weighted by Crippen LogP contribution is -2.35. The number of carbonyl (C=O) groups is 1. The number of anilines is 1. The van der Waals surface area contributed by atoms with Crippen molar-refractivity contribution < 1.29 is 9.32 Å². The maximum absolute atomic E-state index is 12.9. The first-order chi connectivity index (χ1) is 14.1. The molecule has 5 heteroatoms. The van der Waals surface area contributed by atoms with Crippen molar-refractivity contribution in [1.82, 2.24) is 10.1 Å². The Balaban J connectivity index is 1.38. The van der Waals surface area contributed by atoms with Crippen molar-refractivity contribution in [2.24, 2.45) is 0 Å². The van der Waals surface area contributed by atoms with E-state index in [2.05, 4.69) is 42.2 Å². The quantitative estimate of drug-likeness (QED) is 0.613. The molecule has 4 rings (SSSR count). The van der Waals surface area contributed by atoms with Crippen molar-refractivity contribution in [3.8, 4) is 0 Å². The summed E-state index contributed by atoms with van der Waals surface area (Å²) in [6.07, 6.45) is 3.51. The highest BCUT2D eigenvalue weighted by Crippen LogP contribution is 2.30. The zero-order chi connectivity index (χ0) is 20.2. The highest BCUT2D eigenvalue weighted by Gasteiger charge is 2.23. The number of nitrogens with zero attached hydrogens (tertiary/aromatic N) is 3. The van der Waals surface area contributed by atoms with Gasteiger partial charge in [0.15, 0.2) is 5.82 Å². The molecule has 150 valence electrons. The van der Waals surface area contributed by atoms with Crippen molar-refractivity contribution in [2.45, 2.75) is 51.9 Å². The summed E-state index contributed by atoms with van der Waals surface area (Å²) in [6, 6.07) is 16.6. The molecular weight excluding hydrogens is 362 g/mol. The normalized spacial score (nSPS) is 13.6. The molecule has 0 spiro atoms. The Morgan fingerprint density at radius 2 is 2.00 bits per heavy atom. The van der Waals surface area contributed by atoms with E-state index in [0.717, 1.165) is 30.6 Å². The number of hydrogen-bond acceptors (Lipinski definition) is 4. The minimum atomic E-state index is 0.117. The van der Waals surface area contributed by atoms with E-state index < -0.39 is 0 Å². The van der Waals surface area contributed by atoms with Gasteiger partial charge < -0.3 is 9.42 Å². The second kappa shape index (κ2) is 8.60. The number of rotatable bonds is 6. The molecule has 0 aliphatic carbocycles. The molecule has 3 aromatic rings. The highest BCUT2D eigenvalue weighted by molar-refractivity contribution is 5.94. The molecule has 0 saturated heterocycles. The molecule has 0 bridgehead atoms. The molecule has 1 amide bonds. The molecule has 1 aromatic heterocycles. The molecule has 2 heterocycles. The highest BCUT2D eigenvalue weighted by atomic mass is 16.5. The van der Waals surface area contributed by atoms with Crippen LogP contribution in [0.2, 0.25) is 0 Å². The van der Waals surface area contributed by atoms with Crippen molar-refractivity contribution >= 4 is 11.6 Å². The van der Waals surface area contributed by atoms with Gasteiger partial charge in [0.05, 0.1) is 0 Å². The second-order valence-corrected chi connectivity index (χ2v) is 7.96. The summed E-state index contributed by atoms with van der Waals surface area (Å²) in [5.74, 6) is 1.79. The smallest absolute Gasteiger partial charge is 0.227 e. The summed E-state index contributed by atoms with van der Waals surface area (Å²) < 4.78 is 5.35. The Hall–Kier alpha value is -2.95. The van der Waals surface area contributed by atoms with Crippen molar-refractivity contribution in [3.05, 3.63) is 76.9 Å². The third kappa shape index (κ3) is 4.56. The summed E-state index contributed by atoms with van der Waals surface area (Å²) in [6.45, 7) is 5.17. The van der Waals surface area contributed by atoms with E-state index in [1.807, 2.05) is 35.2 Å². The Labute approximate surface area is 171 Å². The van der Waals surface area contributed by atoms with Crippen LogP contribution in [-0.4, -0.2) is 22.6 Å². The van der Waals surface area contributed by atoms with E-state index in [9.17, 15) is 4.79 Å². The fourth-order valence-corrected chi connectivity index (χ4v) is 3.83. The van der Waals surface area contributed by atoms with E-state index >= 15 is 0 Å². The Bertz CT molecular complexity index is 979. The number of aryl methyl sites for hydroxylation is 2. The number of hydrogen-bond donors (Lipinski definition) is 0. The van der Waals surface area contributed by atoms with Gasteiger partial charge in [0.1, 0.15) is 0 Å². The largest absolute Gasteiger partial charge is 0.339 e. The summed E-state index contributed by atoms with van der Waals surface area (Å²) in [4.78, 5) is 19.3. The van der Waals surface area contributed by atoms with Gasteiger partial charge in [0.2, 0.25) is 11.8 Å². The van der Waals surface area contributed by atoms with Crippen LogP contribution in [0.4, 0.5) is 5.69 Å². The van der Waals surface area contributed by atoms with Crippen LogP contribution in [0.3, 0.4) is 0 Å². The average Bonchev–Trinajstić information content (AvgIpc) is 3.19. The average molecular weight is 389 g/mol. The summed E-state index contributed by atoms with van der Waals surface area (Å²) in [7, 11) is 0. The van der Waals surface area contributed by atoms with Gasteiger partial charge in [-0.3, -0.25) is 4.79 Å². The van der Waals surface area contributed by atoms with E-state index in [0.29, 0.717) is 36.9 Å². The predicted molar refractivity (Wildman–Crippen MR) is 113 cm³/mol. The number of amides is 1. The zero-order valence-electron chi connectivity index (χ0n) is 17.1. The molecule has 0 fully saturated rings. The number of carbonyl (C=O) groups excluding carboxylic acids is 1. The number of fused-ring (bicyclic) bond motifs is 1. The summed E-state index contributed by atoms with van der Waals surface area (Å²) >= 11 is 0. The van der Waals surface area contributed by atoms with Crippen LogP contribution < -0.4 is 4.90 Å². The maximum atomic E-state index is 12.9. The minimum absolute atomic E-state index is 0.117. The molecule has 1 aliphatic rings. The van der Waals surface area contributed by atoms with Gasteiger partial charge in [-0.1, -0.05) is 61.5 Å². The Kier molecular flexibility index (Phi) is 5.74. The predicted octanol–water partition coefficient (Wildman–Crippen LogP) is 4.70. The molecule has 0 saturated carbocycles. The fourth-order valence-electron chi connectivity index (χ4n) is 3.83. The topological polar surface area (TPSA) is 59.2 Å². The monoisotopic (exact) mass is 389 g/mol. The third-order valence-corrected chi connectivity index (χ3v) is 5.46. The van der Waals surface area contributed by atoms with Crippen molar-refractivity contribution in [3.63, 3.8) is 0 Å². The summed E-state index contributed by atoms with van der Waals surface area (Å²) in [5, 5.41) is 4.05. The molecule has 1 aliphatic heterocycles. The first kappa shape index (κ1) is 19.4. The molecule has 2 aromatic carbocycles. The van der Waals surface area contributed by atoms with Gasteiger partial charge in [0, 0.05) is 31.5 Å². The van der Waals surface area contributed by atoms with Crippen LogP contribution >= 0.6 is 0 Å². The van der Waals surface area contributed by atoms with E-state index in [-0.39, 0.29) is 5.91 Å². The van der Waals surface area contributed by atoms with E-state index in [1.54, 1.807) is 0 Å². The minimum Gasteiger partial charge on any atom is -0.339 e. The molecule has 0 N–H and O–H groups in total. The van der Waals surface area contributed by atoms with Crippen LogP contribution in [0.15, 0.2) is 53.1 Å². The molecule has 0 radical (unpaired) electrons. The second-order valence-electron chi connectivity index (χ2n) is 7.96. The number of aromatic nitrogens is 2. The Morgan fingerprint density at radius 1 is 1.17 bits per heavy atom. The molecular formula is C24H27N3O2. The van der Waals surface area contributed by atoms with Gasteiger partial charge in [0.25, 0.3) is 0 Å². The maximum Gasteiger partial charge on any atom is 0.227 e. The number of benzene rings is 2. The van der Waals surface area contributed by atoms with E-state index in [1.165, 1.54) is 11.1 Å². The lowest BCUT2D eigenvalue weighted by atomic mass is 9.94. The molecule has 5 nitrogen and oxygen atoms in total. The van der Waals surface area contributed by atoms with Gasteiger partial charge in [-0.15, -0.1) is 0 Å². The molecule has 29 heavy (non-hydrogen) atoms. The lowest BCUT2D eigenvalue weighted by molar-refractivity contribution is -0.118. The van der Waals surface area contributed by atoms with E-state index in [4.69, 9.17) is 4.52 Å². The Morgan fingerprint density at radius 3 is 2.79 bits per heavy atom. The van der Waals surface area contributed by atoms with Gasteiger partial charge in [-0.2, -0.15) is 4.98 Å². The SMILES string of the molecule is CC(C)c1ccc2c(c1)CCCN2C(=O)CCc1nc(Cc2ccccc2)no1. The molecule has 0 atom stereocenters. The lowest BCUT2D eigenvalue weighted by Gasteiger charge is -2.30. The van der Waals surface area contributed by atoms with Crippen LogP contribution in [0.1, 0.15) is 61.0 Å². The first-order valence-electron chi connectivity index (χ1n) is 10.4. The van der Waals surface area contributed by atoms with Gasteiger partial charge in [-0.25, -0.2) is 0 Å². The fraction of sp³-hybridized carbons (Fsp3) is 0.375. The first-order valence-corrected chi connectivity index (χ1v) is 10.4. The zero-order valence-corrected chi connectivity index (χ0v) is 17.1. The van der Waals surface area contributed by atoms with Gasteiger partial charge in [-0.05, 0) is 41.5 Å². The van der Waals surface area contributed by atoms with Crippen LogP contribution in [-0.2, 0) is 24.1 Å². The summed E-state index contributed by atoms with van der Waals surface area (Å²) in [5.41, 5.74) is 4.80. The van der Waals surface area contributed by atoms with Crippen molar-refractivity contribution in [2.75, 3.05) is 11.4 Å². The van der Waals surface area contributed by atoms with Crippen molar-refractivity contribution in [1.29, 1.82) is 0 Å². The van der Waals surface area contributed by atoms with Crippen LogP contribution in [0.25, 0.3) is 0 Å². The standard InChI is InChI=1S/C24H27N3O2/c1-17(2)19-10-11-21-20(16-19)9-6-14-27(21)24(28)13-12-23-25-22(26-29-23)15-18-7-4-3-5-8-18/h3-5,7-8,10-11,16-17H,6,9,12-15H2,1-2H3. The van der Waals surface area contributed by atoms with Gasteiger partial charge >= 0.3 is 0 Å². The third-order valence-electron chi connectivity index (χ3n) is 5.46. The van der Waals surface area contributed by atoms with Crippen LogP contribution in [0, 0.1) is 0 Å². The van der Waals surface area contributed by atoms with Crippen LogP contribution in [0.5, 0.6) is 0 Å².